The Bertz CT molecular complexity index is 689. The third-order valence-electron chi connectivity index (χ3n) is 3.41. The quantitative estimate of drug-likeness (QED) is 0.474. The minimum Gasteiger partial charge on any atom is -0.496 e. The van der Waals surface area contributed by atoms with E-state index in [4.69, 9.17) is 9.47 Å². The molecule has 0 aromatic heterocycles. The van der Waals surface area contributed by atoms with Crippen LogP contribution in [0.15, 0.2) is 48.6 Å². The number of carbonyl (C=O) groups is 1. The molecular weight excluding hydrogens is 276 g/mol. The summed E-state index contributed by atoms with van der Waals surface area (Å²) in [6.45, 7) is 9.24. The smallest absolute Gasteiger partial charge is 0.338 e. The van der Waals surface area contributed by atoms with E-state index in [1.165, 1.54) is 0 Å². The molecule has 0 radical (unpaired) electrons. The van der Waals surface area contributed by atoms with Crippen molar-refractivity contribution in [3.05, 3.63) is 59.7 Å². The van der Waals surface area contributed by atoms with E-state index in [9.17, 15) is 4.79 Å². The molecule has 2 rings (SSSR count). The van der Waals surface area contributed by atoms with Gasteiger partial charge in [-0.3, -0.25) is 0 Å². The Hall–Kier alpha value is -2.55. The molecule has 0 amide bonds. The van der Waals surface area contributed by atoms with Crippen LogP contribution in [-0.2, 0) is 4.79 Å². The first-order valence-corrected chi connectivity index (χ1v) is 7.05. The molecule has 0 unspecified atom stereocenters. The minimum atomic E-state index is -0.413. The van der Waals surface area contributed by atoms with Gasteiger partial charge in [-0.15, -0.1) is 0 Å². The minimum absolute atomic E-state index is 0.380. The van der Waals surface area contributed by atoms with Crippen molar-refractivity contribution in [3.63, 3.8) is 0 Å². The Morgan fingerprint density at radius 3 is 2.00 bits per heavy atom. The summed E-state index contributed by atoms with van der Waals surface area (Å²) >= 11 is 0. The molecule has 0 heterocycles. The molecule has 0 aliphatic carbocycles. The van der Waals surface area contributed by atoms with Crippen LogP contribution in [0.3, 0.4) is 0 Å². The van der Waals surface area contributed by atoms with Crippen molar-refractivity contribution in [1.82, 2.24) is 0 Å². The monoisotopic (exact) mass is 296 g/mol. The molecule has 0 fully saturated rings. The number of benzene rings is 2. The van der Waals surface area contributed by atoms with E-state index in [1.54, 1.807) is 26.2 Å². The molecule has 0 saturated carbocycles. The van der Waals surface area contributed by atoms with Crippen molar-refractivity contribution in [2.75, 3.05) is 7.11 Å². The third-order valence-corrected chi connectivity index (χ3v) is 3.41. The maximum atomic E-state index is 11.5. The zero-order valence-electron chi connectivity index (χ0n) is 13.4. The summed E-state index contributed by atoms with van der Waals surface area (Å²) in [5.41, 5.74) is 4.73. The second-order valence-electron chi connectivity index (χ2n) is 5.34. The van der Waals surface area contributed by atoms with Crippen LogP contribution in [-0.4, -0.2) is 13.1 Å². The lowest BCUT2D eigenvalue weighted by molar-refractivity contribution is -0.130. The number of ether oxygens (including phenoxy) is 2. The fourth-order valence-corrected chi connectivity index (χ4v) is 2.35. The summed E-state index contributed by atoms with van der Waals surface area (Å²) < 4.78 is 10.6. The van der Waals surface area contributed by atoms with E-state index < -0.39 is 5.97 Å². The molecule has 22 heavy (non-hydrogen) atoms. The maximum absolute atomic E-state index is 11.5. The van der Waals surface area contributed by atoms with Gasteiger partial charge in [-0.25, -0.2) is 4.79 Å². The van der Waals surface area contributed by atoms with E-state index in [1.807, 2.05) is 26.0 Å². The van der Waals surface area contributed by atoms with Crippen molar-refractivity contribution in [1.29, 1.82) is 0 Å². The van der Waals surface area contributed by atoms with Crippen LogP contribution < -0.4 is 9.47 Å². The fourth-order valence-electron chi connectivity index (χ4n) is 2.35. The molecule has 2 aromatic carbocycles. The summed E-state index contributed by atoms with van der Waals surface area (Å²) in [5, 5.41) is 0. The van der Waals surface area contributed by atoms with Gasteiger partial charge >= 0.3 is 5.97 Å². The van der Waals surface area contributed by atoms with Crippen molar-refractivity contribution in [2.45, 2.75) is 20.8 Å². The number of carbonyl (C=O) groups excluding carboxylic acids is 1. The molecule has 0 spiro atoms. The summed E-state index contributed by atoms with van der Waals surface area (Å²) in [6.07, 6.45) is 0. The Morgan fingerprint density at radius 1 is 1.00 bits per heavy atom. The zero-order valence-corrected chi connectivity index (χ0v) is 13.4. The van der Waals surface area contributed by atoms with Gasteiger partial charge in [0.1, 0.15) is 11.5 Å². The molecule has 2 aromatic rings. The highest BCUT2D eigenvalue weighted by molar-refractivity contribution is 5.88. The SMILES string of the molecule is C=C(C)C(=O)Oc1ccc(-c2cc(C)c(OC)c(C)c2)cc1. The molecule has 0 atom stereocenters. The van der Waals surface area contributed by atoms with E-state index in [0.29, 0.717) is 11.3 Å². The van der Waals surface area contributed by atoms with Crippen molar-refractivity contribution < 1.29 is 14.3 Å². The van der Waals surface area contributed by atoms with Crippen LogP contribution in [0, 0.1) is 13.8 Å². The van der Waals surface area contributed by atoms with Crippen LogP contribution in [0.1, 0.15) is 18.1 Å². The lowest BCUT2D eigenvalue weighted by Crippen LogP contribution is -2.07. The van der Waals surface area contributed by atoms with Crippen molar-refractivity contribution in [2.24, 2.45) is 0 Å². The lowest BCUT2D eigenvalue weighted by atomic mass is 10.00. The first kappa shape index (κ1) is 15.8. The number of esters is 1. The van der Waals surface area contributed by atoms with Gasteiger partial charge in [0, 0.05) is 5.57 Å². The first-order chi connectivity index (χ1) is 10.4. The number of methoxy groups -OCH3 is 1. The zero-order chi connectivity index (χ0) is 16.3. The Labute approximate surface area is 131 Å². The third kappa shape index (κ3) is 3.37. The molecule has 0 aliphatic heterocycles. The number of hydrogen-bond acceptors (Lipinski definition) is 3. The van der Waals surface area contributed by atoms with Gasteiger partial charge < -0.3 is 9.47 Å². The normalized spacial score (nSPS) is 10.2. The van der Waals surface area contributed by atoms with Gasteiger partial charge in [-0.05, 0) is 67.3 Å². The van der Waals surface area contributed by atoms with Crippen LogP contribution >= 0.6 is 0 Å². The molecule has 0 N–H and O–H groups in total. The molecule has 114 valence electrons. The second kappa shape index (κ2) is 6.48. The van der Waals surface area contributed by atoms with E-state index in [-0.39, 0.29) is 0 Å². The van der Waals surface area contributed by atoms with E-state index in [2.05, 4.69) is 18.7 Å². The highest BCUT2D eigenvalue weighted by atomic mass is 16.5. The van der Waals surface area contributed by atoms with Crippen LogP contribution in [0.2, 0.25) is 0 Å². The summed E-state index contributed by atoms with van der Waals surface area (Å²) in [4.78, 5) is 11.5. The average molecular weight is 296 g/mol. The Balaban J connectivity index is 2.27. The Morgan fingerprint density at radius 2 is 1.55 bits per heavy atom. The van der Waals surface area contributed by atoms with Gasteiger partial charge in [-0.1, -0.05) is 18.7 Å². The summed E-state index contributed by atoms with van der Waals surface area (Å²) in [6, 6.07) is 11.6. The maximum Gasteiger partial charge on any atom is 0.338 e. The first-order valence-electron chi connectivity index (χ1n) is 7.05. The van der Waals surface area contributed by atoms with Gasteiger partial charge in [-0.2, -0.15) is 0 Å². The molecule has 0 aliphatic rings. The van der Waals surface area contributed by atoms with E-state index in [0.717, 1.165) is 28.0 Å². The average Bonchev–Trinajstić information content (AvgIpc) is 2.47. The molecular formula is C19H20O3. The predicted octanol–water partition coefficient (Wildman–Crippen LogP) is 4.46. The van der Waals surface area contributed by atoms with Gasteiger partial charge in [0.05, 0.1) is 7.11 Å². The van der Waals surface area contributed by atoms with Gasteiger partial charge in [0.15, 0.2) is 0 Å². The highest BCUT2D eigenvalue weighted by Gasteiger charge is 2.08. The molecule has 0 saturated heterocycles. The highest BCUT2D eigenvalue weighted by Crippen LogP contribution is 2.30. The second-order valence-corrected chi connectivity index (χ2v) is 5.34. The standard InChI is InChI=1S/C19H20O3/c1-12(2)19(20)22-17-8-6-15(7-9-17)16-10-13(3)18(21-5)14(4)11-16/h6-11H,1H2,2-5H3. The van der Waals surface area contributed by atoms with Crippen LogP contribution in [0.4, 0.5) is 0 Å². The predicted molar refractivity (Wildman–Crippen MR) is 88.4 cm³/mol. The van der Waals surface area contributed by atoms with Crippen molar-refractivity contribution >= 4 is 5.97 Å². The summed E-state index contributed by atoms with van der Waals surface area (Å²) in [5.74, 6) is 1.01. The van der Waals surface area contributed by atoms with Crippen LogP contribution in [0.25, 0.3) is 11.1 Å². The van der Waals surface area contributed by atoms with E-state index >= 15 is 0 Å². The molecule has 3 nitrogen and oxygen atoms in total. The molecule has 3 heteroatoms. The number of rotatable bonds is 4. The Kier molecular flexibility index (Phi) is 4.66. The topological polar surface area (TPSA) is 35.5 Å². The summed E-state index contributed by atoms with van der Waals surface area (Å²) in [7, 11) is 1.68. The lowest BCUT2D eigenvalue weighted by Gasteiger charge is -2.12. The molecule has 0 bridgehead atoms. The largest absolute Gasteiger partial charge is 0.496 e. The van der Waals surface area contributed by atoms with Crippen LogP contribution in [0.5, 0.6) is 11.5 Å². The number of aryl methyl sites for hydroxylation is 2. The van der Waals surface area contributed by atoms with Crippen molar-refractivity contribution in [3.8, 4) is 22.6 Å². The van der Waals surface area contributed by atoms with Gasteiger partial charge in [0.25, 0.3) is 0 Å². The fraction of sp³-hybridized carbons (Fsp3) is 0.211. The number of hydrogen-bond donors (Lipinski definition) is 0. The van der Waals surface area contributed by atoms with Gasteiger partial charge in [0.2, 0.25) is 0 Å².